The lowest BCUT2D eigenvalue weighted by Crippen LogP contribution is -2.39. The predicted octanol–water partition coefficient (Wildman–Crippen LogP) is 5.61. The van der Waals surface area contributed by atoms with E-state index in [2.05, 4.69) is 11.4 Å². The van der Waals surface area contributed by atoms with Gasteiger partial charge in [0.05, 0.1) is 7.11 Å². The molecule has 32 heavy (non-hydrogen) atoms. The van der Waals surface area contributed by atoms with E-state index < -0.39 is 24.1 Å². The van der Waals surface area contributed by atoms with E-state index in [1.54, 1.807) is 47.7 Å². The molecule has 2 heterocycles. The van der Waals surface area contributed by atoms with E-state index in [-0.39, 0.29) is 0 Å². The number of thiophene rings is 1. The second-order valence-corrected chi connectivity index (χ2v) is 9.19. The summed E-state index contributed by atoms with van der Waals surface area (Å²) >= 11 is 14.5. The first-order valence-electron chi connectivity index (χ1n) is 10.1. The van der Waals surface area contributed by atoms with E-state index in [0.717, 1.165) is 6.42 Å². The maximum absolute atomic E-state index is 13.6. The molecule has 0 amide bonds. The number of esters is 2. The van der Waals surface area contributed by atoms with E-state index >= 15 is 0 Å². The van der Waals surface area contributed by atoms with Crippen LogP contribution >= 0.6 is 34.5 Å². The molecule has 3 aromatic rings. The summed E-state index contributed by atoms with van der Waals surface area (Å²) in [5.41, 5.74) is 2.17. The Labute approximate surface area is 200 Å². The molecule has 1 aliphatic heterocycles. The number of methoxy groups -OCH3 is 1. The van der Waals surface area contributed by atoms with Crippen LogP contribution < -0.4 is 0 Å². The Morgan fingerprint density at radius 1 is 0.969 bits per heavy atom. The van der Waals surface area contributed by atoms with Gasteiger partial charge in [-0.1, -0.05) is 59.6 Å². The number of hydrogen-bond acceptors (Lipinski definition) is 6. The van der Waals surface area contributed by atoms with E-state index in [1.165, 1.54) is 17.6 Å². The van der Waals surface area contributed by atoms with Gasteiger partial charge in [-0.25, -0.2) is 9.59 Å². The largest absolute Gasteiger partial charge is 0.466 e. The highest BCUT2D eigenvalue weighted by atomic mass is 35.5. The summed E-state index contributed by atoms with van der Waals surface area (Å²) < 4.78 is 10.7. The van der Waals surface area contributed by atoms with Gasteiger partial charge in [-0.3, -0.25) is 4.90 Å². The minimum absolute atomic E-state index is 0.311. The van der Waals surface area contributed by atoms with Crippen molar-refractivity contribution in [3.63, 3.8) is 0 Å². The molecule has 0 saturated carbocycles. The molecular formula is C24H21Cl2NO4S. The van der Waals surface area contributed by atoms with E-state index in [0.29, 0.717) is 34.3 Å². The Balaban J connectivity index is 1.69. The van der Waals surface area contributed by atoms with Crippen LogP contribution in [-0.2, 0) is 32.0 Å². The molecule has 0 saturated heterocycles. The molecule has 0 aliphatic carbocycles. The van der Waals surface area contributed by atoms with Gasteiger partial charge in [-0.15, -0.1) is 11.3 Å². The Hall–Kier alpha value is -2.38. The average Bonchev–Trinajstić information content (AvgIpc) is 3.27. The van der Waals surface area contributed by atoms with Crippen molar-refractivity contribution in [1.82, 2.24) is 4.90 Å². The molecule has 166 valence electrons. The standard InChI is InChI=1S/C24H21Cl2NO4S/c1-30-24(29)22(17-7-3-5-9-19(17)26)31-23(28)21(16-6-2-4-8-18(16)25)27-12-10-20-15(14-27)11-13-32-20/h2-9,11,13,21-22H,10,12,14H2,1H3/t21-,22+/m0/s1. The molecule has 0 bridgehead atoms. The zero-order valence-electron chi connectivity index (χ0n) is 17.3. The molecule has 4 rings (SSSR count). The number of rotatable bonds is 6. The van der Waals surface area contributed by atoms with Crippen LogP contribution in [0.3, 0.4) is 0 Å². The number of hydrogen-bond donors (Lipinski definition) is 0. The molecule has 8 heteroatoms. The van der Waals surface area contributed by atoms with Crippen LogP contribution in [0.1, 0.15) is 33.7 Å². The SMILES string of the molecule is COC(=O)[C@H](OC(=O)[C@H](c1ccccc1Cl)N1CCc2sccc2C1)c1ccccc1Cl. The van der Waals surface area contributed by atoms with Gasteiger partial charge in [0, 0.05) is 33.6 Å². The number of fused-ring (bicyclic) bond motifs is 1. The molecule has 0 N–H and O–H groups in total. The van der Waals surface area contributed by atoms with Crippen LogP contribution in [0.25, 0.3) is 0 Å². The third kappa shape index (κ3) is 4.69. The zero-order valence-corrected chi connectivity index (χ0v) is 19.6. The third-order valence-corrected chi connectivity index (χ3v) is 7.17. The van der Waals surface area contributed by atoms with Crippen molar-refractivity contribution in [3.8, 4) is 0 Å². The highest BCUT2D eigenvalue weighted by Crippen LogP contribution is 2.36. The number of halogens is 2. The van der Waals surface area contributed by atoms with Crippen LogP contribution in [0.5, 0.6) is 0 Å². The molecule has 1 aliphatic rings. The van der Waals surface area contributed by atoms with Gasteiger partial charge in [0.25, 0.3) is 0 Å². The Morgan fingerprint density at radius 3 is 2.28 bits per heavy atom. The second kappa shape index (κ2) is 10.0. The first-order valence-corrected chi connectivity index (χ1v) is 11.7. The lowest BCUT2D eigenvalue weighted by atomic mass is 10.0. The summed E-state index contributed by atoms with van der Waals surface area (Å²) in [4.78, 5) is 29.5. The summed E-state index contributed by atoms with van der Waals surface area (Å²) in [5, 5.41) is 2.82. The topological polar surface area (TPSA) is 55.8 Å². The molecule has 1 aromatic heterocycles. The fourth-order valence-corrected chi connectivity index (χ4v) is 5.24. The van der Waals surface area contributed by atoms with Crippen LogP contribution in [0, 0.1) is 0 Å². The fourth-order valence-electron chi connectivity index (χ4n) is 3.87. The molecule has 2 atom stereocenters. The summed E-state index contributed by atoms with van der Waals surface area (Å²) in [7, 11) is 1.24. The molecule has 5 nitrogen and oxygen atoms in total. The van der Waals surface area contributed by atoms with Gasteiger partial charge in [0.15, 0.2) is 0 Å². The van der Waals surface area contributed by atoms with Crippen LogP contribution in [-0.4, -0.2) is 30.5 Å². The van der Waals surface area contributed by atoms with Crippen molar-refractivity contribution in [1.29, 1.82) is 0 Å². The van der Waals surface area contributed by atoms with Gasteiger partial charge < -0.3 is 9.47 Å². The number of ether oxygens (including phenoxy) is 2. The Kier molecular flexibility index (Phi) is 7.16. The van der Waals surface area contributed by atoms with Gasteiger partial charge >= 0.3 is 11.9 Å². The minimum atomic E-state index is -1.28. The smallest absolute Gasteiger partial charge is 0.352 e. The summed E-state index contributed by atoms with van der Waals surface area (Å²) in [6.07, 6.45) is -0.459. The van der Waals surface area contributed by atoms with Crippen molar-refractivity contribution >= 4 is 46.5 Å². The van der Waals surface area contributed by atoms with Gasteiger partial charge in [-0.2, -0.15) is 0 Å². The maximum Gasteiger partial charge on any atom is 0.352 e. The van der Waals surface area contributed by atoms with Crippen molar-refractivity contribution in [2.45, 2.75) is 25.1 Å². The average molecular weight is 490 g/mol. The molecule has 0 radical (unpaired) electrons. The highest BCUT2D eigenvalue weighted by Gasteiger charge is 2.37. The van der Waals surface area contributed by atoms with Crippen molar-refractivity contribution in [3.05, 3.63) is 91.6 Å². The van der Waals surface area contributed by atoms with Crippen molar-refractivity contribution in [2.75, 3.05) is 13.7 Å². The summed E-state index contributed by atoms with van der Waals surface area (Å²) in [6, 6.07) is 15.2. The van der Waals surface area contributed by atoms with Crippen LogP contribution in [0.15, 0.2) is 60.0 Å². The van der Waals surface area contributed by atoms with Crippen LogP contribution in [0.2, 0.25) is 10.0 Å². The van der Waals surface area contributed by atoms with Crippen molar-refractivity contribution < 1.29 is 19.1 Å². The Bertz CT molecular complexity index is 1130. The number of nitrogens with zero attached hydrogens (tertiary/aromatic N) is 1. The van der Waals surface area contributed by atoms with Crippen LogP contribution in [0.4, 0.5) is 0 Å². The maximum atomic E-state index is 13.6. The first-order chi connectivity index (χ1) is 15.5. The highest BCUT2D eigenvalue weighted by molar-refractivity contribution is 7.10. The van der Waals surface area contributed by atoms with E-state index in [9.17, 15) is 9.59 Å². The number of benzene rings is 2. The molecule has 0 fully saturated rings. The molecular weight excluding hydrogens is 469 g/mol. The molecule has 0 spiro atoms. The quantitative estimate of drug-likeness (QED) is 0.421. The normalized spacial score (nSPS) is 15.5. The third-order valence-electron chi connectivity index (χ3n) is 5.46. The second-order valence-electron chi connectivity index (χ2n) is 7.38. The Morgan fingerprint density at radius 2 is 1.62 bits per heavy atom. The van der Waals surface area contributed by atoms with E-state index in [1.807, 2.05) is 17.0 Å². The minimum Gasteiger partial charge on any atom is -0.466 e. The van der Waals surface area contributed by atoms with Gasteiger partial charge in [-0.05, 0) is 41.1 Å². The lowest BCUT2D eigenvalue weighted by Gasteiger charge is -2.34. The first kappa shape index (κ1) is 22.8. The van der Waals surface area contributed by atoms with E-state index in [4.69, 9.17) is 32.7 Å². The molecule has 2 aromatic carbocycles. The molecule has 0 unspecified atom stereocenters. The van der Waals surface area contributed by atoms with Crippen molar-refractivity contribution in [2.24, 2.45) is 0 Å². The van der Waals surface area contributed by atoms with Gasteiger partial charge in [0.1, 0.15) is 6.04 Å². The summed E-state index contributed by atoms with van der Waals surface area (Å²) in [5.74, 6) is -1.30. The summed E-state index contributed by atoms with van der Waals surface area (Å²) in [6.45, 7) is 1.24. The van der Waals surface area contributed by atoms with Gasteiger partial charge in [0.2, 0.25) is 6.10 Å². The number of carbonyl (C=O) groups is 2. The predicted molar refractivity (Wildman–Crippen MR) is 125 cm³/mol. The number of carbonyl (C=O) groups excluding carboxylic acids is 2. The fraction of sp³-hybridized carbons (Fsp3) is 0.250. The lowest BCUT2D eigenvalue weighted by molar-refractivity contribution is -0.170. The zero-order chi connectivity index (χ0) is 22.7. The monoisotopic (exact) mass is 489 g/mol.